The Morgan fingerprint density at radius 2 is 1.69 bits per heavy atom. The van der Waals surface area contributed by atoms with Gasteiger partial charge >= 0.3 is 0 Å². The van der Waals surface area contributed by atoms with Gasteiger partial charge in [0.2, 0.25) is 0 Å². The number of hydrogen-bond acceptors (Lipinski definition) is 5. The summed E-state index contributed by atoms with van der Waals surface area (Å²) in [4.78, 5) is 27.4. The van der Waals surface area contributed by atoms with Gasteiger partial charge in [-0.3, -0.25) is 9.48 Å². The summed E-state index contributed by atoms with van der Waals surface area (Å²) in [7, 11) is 1.89. The smallest absolute Gasteiger partial charge is 0.281 e. The molecule has 3 aromatic heterocycles. The minimum Gasteiger partial charge on any atom is -0.285 e. The maximum absolute atomic E-state index is 13.2. The molecular weight excluding hydrogens is 346 g/mol. The van der Waals surface area contributed by atoms with Gasteiger partial charge in [0, 0.05) is 30.0 Å². The Bertz CT molecular complexity index is 1130. The molecule has 4 rings (SSSR count). The molecule has 0 aliphatic carbocycles. The number of hydrogen-bond donors (Lipinski definition) is 0. The first-order chi connectivity index (χ1) is 12.6. The first-order valence-electron chi connectivity index (χ1n) is 8.17. The van der Waals surface area contributed by atoms with E-state index in [4.69, 9.17) is 0 Å². The lowest BCUT2D eigenvalue weighted by Gasteiger charge is -2.07. The Kier molecular flexibility index (Phi) is 4.00. The normalized spacial score (nSPS) is 11.0. The molecule has 6 nitrogen and oxygen atoms in total. The molecule has 0 saturated carbocycles. The van der Waals surface area contributed by atoms with Gasteiger partial charge in [0.15, 0.2) is 10.8 Å². The second-order valence-corrected chi connectivity index (χ2v) is 7.14. The fourth-order valence-corrected chi connectivity index (χ4v) is 3.84. The summed E-state index contributed by atoms with van der Waals surface area (Å²) < 4.78 is 3.53. The molecule has 0 fully saturated rings. The van der Waals surface area contributed by atoms with Crippen molar-refractivity contribution in [3.8, 4) is 27.8 Å². The Labute approximate surface area is 154 Å². The molecule has 1 aromatic carbocycles. The number of thiazole rings is 1. The van der Waals surface area contributed by atoms with Crippen molar-refractivity contribution in [2.45, 2.75) is 13.8 Å². The van der Waals surface area contributed by atoms with E-state index in [9.17, 15) is 4.79 Å². The largest absolute Gasteiger partial charge is 0.285 e. The Morgan fingerprint density at radius 3 is 2.38 bits per heavy atom. The quantitative estimate of drug-likeness (QED) is 0.560. The first kappa shape index (κ1) is 16.4. The van der Waals surface area contributed by atoms with E-state index in [0.717, 1.165) is 16.3 Å². The number of aryl methyl sites for hydroxylation is 1. The van der Waals surface area contributed by atoms with Crippen LogP contribution in [0.5, 0.6) is 0 Å². The molecule has 7 heteroatoms. The van der Waals surface area contributed by atoms with Gasteiger partial charge in [0.1, 0.15) is 0 Å². The van der Waals surface area contributed by atoms with Crippen LogP contribution in [0.3, 0.4) is 0 Å². The summed E-state index contributed by atoms with van der Waals surface area (Å²) in [6.45, 7) is 3.91. The summed E-state index contributed by atoms with van der Waals surface area (Å²) in [6.07, 6.45) is 3.38. The standard InChI is InChI=1S/C19H17N5OS/c1-12-15(19(25)24(23(12)3)14-8-5-4-6-9-14)16-13(2)26-18(22-16)17-20-10-7-11-21-17/h4-11H,1-3H3. The lowest BCUT2D eigenvalue weighted by molar-refractivity contribution is 0.630. The summed E-state index contributed by atoms with van der Waals surface area (Å²) in [5, 5.41) is 0.715. The molecule has 0 amide bonds. The van der Waals surface area contributed by atoms with E-state index < -0.39 is 0 Å². The van der Waals surface area contributed by atoms with Crippen molar-refractivity contribution >= 4 is 11.3 Å². The minimum absolute atomic E-state index is 0.0786. The van der Waals surface area contributed by atoms with Crippen LogP contribution in [-0.4, -0.2) is 24.3 Å². The summed E-state index contributed by atoms with van der Waals surface area (Å²) in [5.74, 6) is 0.573. The molecule has 0 aliphatic heterocycles. The highest BCUT2D eigenvalue weighted by Crippen LogP contribution is 2.32. The molecule has 0 aliphatic rings. The van der Waals surface area contributed by atoms with Gasteiger partial charge < -0.3 is 0 Å². The third kappa shape index (κ3) is 2.57. The van der Waals surface area contributed by atoms with Crippen LogP contribution in [0.2, 0.25) is 0 Å². The second-order valence-electron chi connectivity index (χ2n) is 5.93. The highest BCUT2D eigenvalue weighted by molar-refractivity contribution is 7.15. The van der Waals surface area contributed by atoms with Crippen LogP contribution >= 0.6 is 11.3 Å². The third-order valence-corrected chi connectivity index (χ3v) is 5.31. The van der Waals surface area contributed by atoms with Gasteiger partial charge in [-0.1, -0.05) is 18.2 Å². The molecule has 0 saturated heterocycles. The number of rotatable bonds is 3. The lowest BCUT2D eigenvalue weighted by atomic mass is 10.1. The fourth-order valence-electron chi connectivity index (χ4n) is 2.97. The van der Waals surface area contributed by atoms with Gasteiger partial charge in [0.05, 0.1) is 16.9 Å². The third-order valence-electron chi connectivity index (χ3n) is 4.34. The molecule has 0 unspecified atom stereocenters. The molecule has 26 heavy (non-hydrogen) atoms. The van der Waals surface area contributed by atoms with Gasteiger partial charge in [-0.15, -0.1) is 11.3 Å². The van der Waals surface area contributed by atoms with Crippen LogP contribution < -0.4 is 5.56 Å². The molecule has 4 aromatic rings. The Hall–Kier alpha value is -3.06. The van der Waals surface area contributed by atoms with Crippen molar-refractivity contribution in [3.63, 3.8) is 0 Å². The van der Waals surface area contributed by atoms with Gasteiger partial charge in [-0.05, 0) is 32.0 Å². The predicted octanol–water partition coefficient (Wildman–Crippen LogP) is 3.37. The summed E-state index contributed by atoms with van der Waals surface area (Å²) >= 11 is 1.50. The molecule has 3 heterocycles. The van der Waals surface area contributed by atoms with E-state index in [-0.39, 0.29) is 5.56 Å². The highest BCUT2D eigenvalue weighted by Gasteiger charge is 2.22. The van der Waals surface area contributed by atoms with Gasteiger partial charge in [-0.25, -0.2) is 19.6 Å². The number of aromatic nitrogens is 5. The summed E-state index contributed by atoms with van der Waals surface area (Å²) in [5.41, 5.74) is 2.93. The minimum atomic E-state index is -0.0786. The lowest BCUT2D eigenvalue weighted by Crippen LogP contribution is -2.20. The second kappa shape index (κ2) is 6.34. The molecule has 0 atom stereocenters. The van der Waals surface area contributed by atoms with Crippen LogP contribution in [0.1, 0.15) is 10.6 Å². The predicted molar refractivity (Wildman–Crippen MR) is 103 cm³/mol. The fraction of sp³-hybridized carbons (Fsp3) is 0.158. The molecule has 130 valence electrons. The van der Waals surface area contributed by atoms with Crippen molar-refractivity contribution in [1.82, 2.24) is 24.3 Å². The number of para-hydroxylation sites is 1. The molecule has 0 bridgehead atoms. The number of nitrogens with zero attached hydrogens (tertiary/aromatic N) is 5. The van der Waals surface area contributed by atoms with Crippen molar-refractivity contribution in [2.75, 3.05) is 0 Å². The average Bonchev–Trinajstić information content (AvgIpc) is 3.14. The molecule has 0 spiro atoms. The maximum Gasteiger partial charge on any atom is 0.281 e. The van der Waals surface area contributed by atoms with Crippen molar-refractivity contribution < 1.29 is 0 Å². The van der Waals surface area contributed by atoms with Crippen molar-refractivity contribution in [3.05, 3.63) is 69.7 Å². The zero-order chi connectivity index (χ0) is 18.3. The molecular formula is C19H17N5OS. The SMILES string of the molecule is Cc1sc(-c2ncccn2)nc1-c1c(C)n(C)n(-c2ccccc2)c1=O. The van der Waals surface area contributed by atoms with E-state index in [1.807, 2.05) is 55.9 Å². The first-order valence-corrected chi connectivity index (χ1v) is 8.99. The van der Waals surface area contributed by atoms with Crippen molar-refractivity contribution in [1.29, 1.82) is 0 Å². The highest BCUT2D eigenvalue weighted by atomic mass is 32.1. The molecule has 0 radical (unpaired) electrons. The monoisotopic (exact) mass is 363 g/mol. The van der Waals surface area contributed by atoms with Crippen LogP contribution in [0.25, 0.3) is 27.8 Å². The van der Waals surface area contributed by atoms with Crippen LogP contribution in [0, 0.1) is 13.8 Å². The van der Waals surface area contributed by atoms with E-state index >= 15 is 0 Å². The van der Waals surface area contributed by atoms with E-state index in [2.05, 4.69) is 15.0 Å². The van der Waals surface area contributed by atoms with Crippen molar-refractivity contribution in [2.24, 2.45) is 7.05 Å². The number of benzene rings is 1. The Balaban J connectivity index is 1.91. The zero-order valence-electron chi connectivity index (χ0n) is 14.7. The topological polar surface area (TPSA) is 65.6 Å². The van der Waals surface area contributed by atoms with E-state index in [1.165, 1.54) is 11.3 Å². The van der Waals surface area contributed by atoms with Gasteiger partial charge in [0.25, 0.3) is 5.56 Å². The van der Waals surface area contributed by atoms with Crippen LogP contribution in [0.4, 0.5) is 0 Å². The van der Waals surface area contributed by atoms with Crippen LogP contribution in [-0.2, 0) is 7.05 Å². The van der Waals surface area contributed by atoms with E-state index in [1.54, 1.807) is 23.1 Å². The van der Waals surface area contributed by atoms with Gasteiger partial charge in [-0.2, -0.15) is 0 Å². The average molecular weight is 363 g/mol. The Morgan fingerprint density at radius 1 is 1.00 bits per heavy atom. The van der Waals surface area contributed by atoms with Crippen LogP contribution in [0.15, 0.2) is 53.6 Å². The van der Waals surface area contributed by atoms with E-state index in [0.29, 0.717) is 22.1 Å². The zero-order valence-corrected chi connectivity index (χ0v) is 15.5. The molecule has 0 N–H and O–H groups in total. The summed E-state index contributed by atoms with van der Waals surface area (Å²) in [6, 6.07) is 11.4. The maximum atomic E-state index is 13.2.